The van der Waals surface area contributed by atoms with Gasteiger partial charge in [-0.25, -0.2) is 4.98 Å². The standard InChI is InChI=1S/C24H24N4O4S/c25-23(29)16-2-1-9-28(14-16)22-8-4-17(13-26-22)27-24(30)21-7-6-20(33-21)15-3-5-18-19(12-15)32-11-10-31-18/h3-8,12-13,16H,1-2,9-11,14H2,(H2,25,29)(H,27,30). The van der Waals surface area contributed by atoms with Gasteiger partial charge < -0.3 is 25.4 Å². The number of nitrogens with one attached hydrogen (secondary N) is 1. The molecule has 1 saturated heterocycles. The molecule has 9 heteroatoms. The second-order valence-corrected chi connectivity index (χ2v) is 9.15. The summed E-state index contributed by atoms with van der Waals surface area (Å²) in [6.07, 6.45) is 3.35. The number of pyridine rings is 1. The molecule has 1 unspecified atom stereocenters. The van der Waals surface area contributed by atoms with E-state index in [1.165, 1.54) is 11.3 Å². The van der Waals surface area contributed by atoms with E-state index in [1.807, 2.05) is 42.5 Å². The van der Waals surface area contributed by atoms with Crippen LogP contribution >= 0.6 is 11.3 Å². The molecule has 2 aromatic heterocycles. The second-order valence-electron chi connectivity index (χ2n) is 8.07. The van der Waals surface area contributed by atoms with Crippen molar-refractivity contribution in [1.29, 1.82) is 0 Å². The molecule has 1 fully saturated rings. The van der Waals surface area contributed by atoms with Crippen molar-refractivity contribution < 1.29 is 19.1 Å². The Morgan fingerprint density at radius 3 is 2.73 bits per heavy atom. The summed E-state index contributed by atoms with van der Waals surface area (Å²) in [6, 6.07) is 13.2. The molecule has 3 N–H and O–H groups in total. The number of ether oxygens (including phenoxy) is 2. The highest BCUT2D eigenvalue weighted by Gasteiger charge is 2.24. The van der Waals surface area contributed by atoms with Crippen molar-refractivity contribution in [2.75, 3.05) is 36.5 Å². The van der Waals surface area contributed by atoms with Crippen LogP contribution in [0.5, 0.6) is 11.5 Å². The molecule has 0 bridgehead atoms. The number of rotatable bonds is 5. The Labute approximate surface area is 195 Å². The fourth-order valence-corrected chi connectivity index (χ4v) is 4.97. The quantitative estimate of drug-likeness (QED) is 0.598. The van der Waals surface area contributed by atoms with Crippen LogP contribution in [0, 0.1) is 5.92 Å². The number of primary amides is 1. The predicted molar refractivity (Wildman–Crippen MR) is 127 cm³/mol. The molecule has 1 atom stereocenters. The number of nitrogens with zero attached hydrogens (tertiary/aromatic N) is 2. The van der Waals surface area contributed by atoms with E-state index >= 15 is 0 Å². The molecule has 2 amide bonds. The largest absolute Gasteiger partial charge is 0.486 e. The topological polar surface area (TPSA) is 107 Å². The summed E-state index contributed by atoms with van der Waals surface area (Å²) in [6.45, 7) is 2.49. The Hall–Kier alpha value is -3.59. The minimum Gasteiger partial charge on any atom is -0.486 e. The molecule has 2 aliphatic heterocycles. The third kappa shape index (κ3) is 4.63. The van der Waals surface area contributed by atoms with Crippen molar-refractivity contribution in [2.45, 2.75) is 12.8 Å². The maximum atomic E-state index is 12.8. The molecule has 0 spiro atoms. The lowest BCUT2D eigenvalue weighted by Gasteiger charge is -2.32. The maximum Gasteiger partial charge on any atom is 0.265 e. The number of fused-ring (bicyclic) bond motifs is 1. The fourth-order valence-electron chi connectivity index (χ4n) is 4.07. The van der Waals surface area contributed by atoms with Crippen LogP contribution in [0.3, 0.4) is 0 Å². The van der Waals surface area contributed by atoms with Crippen molar-refractivity contribution >= 4 is 34.7 Å². The minimum absolute atomic E-state index is 0.151. The first-order chi connectivity index (χ1) is 16.1. The number of benzene rings is 1. The molecule has 0 radical (unpaired) electrons. The second kappa shape index (κ2) is 9.11. The van der Waals surface area contributed by atoms with Gasteiger partial charge >= 0.3 is 0 Å². The molecular weight excluding hydrogens is 440 g/mol. The summed E-state index contributed by atoms with van der Waals surface area (Å²) >= 11 is 1.41. The average Bonchev–Trinajstić information content (AvgIpc) is 3.35. The first kappa shape index (κ1) is 21.3. The van der Waals surface area contributed by atoms with Crippen LogP contribution in [0.25, 0.3) is 10.4 Å². The summed E-state index contributed by atoms with van der Waals surface area (Å²) in [5.41, 5.74) is 7.06. The van der Waals surface area contributed by atoms with Crippen LogP contribution in [-0.4, -0.2) is 43.1 Å². The lowest BCUT2D eigenvalue weighted by Crippen LogP contribution is -2.41. The van der Waals surface area contributed by atoms with Gasteiger partial charge in [-0.1, -0.05) is 0 Å². The Balaban J connectivity index is 1.24. The van der Waals surface area contributed by atoms with Gasteiger partial charge in [-0.15, -0.1) is 11.3 Å². The first-order valence-electron chi connectivity index (χ1n) is 10.9. The van der Waals surface area contributed by atoms with E-state index in [2.05, 4.69) is 15.2 Å². The normalized spacial score (nSPS) is 17.5. The number of hydrogen-bond acceptors (Lipinski definition) is 7. The monoisotopic (exact) mass is 464 g/mol. The van der Waals surface area contributed by atoms with Crippen LogP contribution in [0.4, 0.5) is 11.5 Å². The van der Waals surface area contributed by atoms with E-state index in [0.717, 1.165) is 47.1 Å². The molecule has 2 aliphatic rings. The molecule has 0 saturated carbocycles. The number of thiophene rings is 1. The van der Waals surface area contributed by atoms with E-state index < -0.39 is 0 Å². The number of amides is 2. The fraction of sp³-hybridized carbons (Fsp3) is 0.292. The van der Waals surface area contributed by atoms with E-state index in [1.54, 1.807) is 6.20 Å². The molecule has 5 rings (SSSR count). The minimum atomic E-state index is -0.268. The number of piperidine rings is 1. The van der Waals surface area contributed by atoms with Crippen LogP contribution in [0.2, 0.25) is 0 Å². The third-order valence-electron chi connectivity index (χ3n) is 5.81. The van der Waals surface area contributed by atoms with Gasteiger partial charge in [0.05, 0.1) is 22.7 Å². The van der Waals surface area contributed by atoms with Crippen molar-refractivity contribution in [3.8, 4) is 21.9 Å². The van der Waals surface area contributed by atoms with E-state index in [4.69, 9.17) is 15.2 Å². The molecule has 8 nitrogen and oxygen atoms in total. The molecule has 170 valence electrons. The summed E-state index contributed by atoms with van der Waals surface area (Å²) in [4.78, 5) is 32.4. The maximum absolute atomic E-state index is 12.8. The summed E-state index contributed by atoms with van der Waals surface area (Å²) < 4.78 is 11.2. The molecule has 0 aliphatic carbocycles. The third-order valence-corrected chi connectivity index (χ3v) is 6.94. The molecule has 33 heavy (non-hydrogen) atoms. The first-order valence-corrected chi connectivity index (χ1v) is 11.7. The van der Waals surface area contributed by atoms with Gasteiger partial charge in [-0.3, -0.25) is 9.59 Å². The lowest BCUT2D eigenvalue weighted by molar-refractivity contribution is -0.122. The highest BCUT2D eigenvalue weighted by molar-refractivity contribution is 7.17. The number of nitrogens with two attached hydrogens (primary N) is 1. The zero-order valence-electron chi connectivity index (χ0n) is 18.0. The van der Waals surface area contributed by atoms with Crippen molar-refractivity contribution in [3.05, 3.63) is 53.5 Å². The van der Waals surface area contributed by atoms with Crippen LogP contribution in [-0.2, 0) is 4.79 Å². The van der Waals surface area contributed by atoms with Gasteiger partial charge in [-0.2, -0.15) is 0 Å². The van der Waals surface area contributed by atoms with Gasteiger partial charge in [-0.05, 0) is 60.9 Å². The highest BCUT2D eigenvalue weighted by Crippen LogP contribution is 2.37. The Kier molecular flexibility index (Phi) is 5.87. The number of hydrogen-bond donors (Lipinski definition) is 2. The summed E-state index contributed by atoms with van der Waals surface area (Å²) in [5, 5.41) is 2.90. The van der Waals surface area contributed by atoms with Gasteiger partial charge in [0.15, 0.2) is 11.5 Å². The van der Waals surface area contributed by atoms with Crippen molar-refractivity contribution in [2.24, 2.45) is 11.7 Å². The lowest BCUT2D eigenvalue weighted by atomic mass is 9.97. The number of carbonyl (C=O) groups excluding carboxylic acids is 2. The van der Waals surface area contributed by atoms with Gasteiger partial charge in [0.2, 0.25) is 5.91 Å². The van der Waals surface area contributed by atoms with E-state index in [0.29, 0.717) is 30.3 Å². The van der Waals surface area contributed by atoms with E-state index in [-0.39, 0.29) is 17.7 Å². The van der Waals surface area contributed by atoms with Gasteiger partial charge in [0.25, 0.3) is 5.91 Å². The Morgan fingerprint density at radius 2 is 1.94 bits per heavy atom. The number of carbonyl (C=O) groups is 2. The zero-order chi connectivity index (χ0) is 22.8. The molecule has 3 aromatic rings. The van der Waals surface area contributed by atoms with Gasteiger partial charge in [0, 0.05) is 18.0 Å². The van der Waals surface area contributed by atoms with Crippen LogP contribution in [0.15, 0.2) is 48.7 Å². The predicted octanol–water partition coefficient (Wildman–Crippen LogP) is 3.54. The van der Waals surface area contributed by atoms with Crippen molar-refractivity contribution in [1.82, 2.24) is 4.98 Å². The van der Waals surface area contributed by atoms with E-state index in [9.17, 15) is 9.59 Å². The number of aromatic nitrogens is 1. The van der Waals surface area contributed by atoms with Crippen molar-refractivity contribution in [3.63, 3.8) is 0 Å². The Bertz CT molecular complexity index is 1180. The van der Waals surface area contributed by atoms with Crippen LogP contribution in [0.1, 0.15) is 22.5 Å². The Morgan fingerprint density at radius 1 is 1.09 bits per heavy atom. The van der Waals surface area contributed by atoms with Crippen LogP contribution < -0.4 is 25.4 Å². The molecule has 4 heterocycles. The SMILES string of the molecule is NC(=O)C1CCCN(c2ccc(NC(=O)c3ccc(-c4ccc5c(c4)OCCO5)s3)cn2)C1. The van der Waals surface area contributed by atoms with Gasteiger partial charge in [0.1, 0.15) is 19.0 Å². The summed E-state index contributed by atoms with van der Waals surface area (Å²) in [5.74, 6) is 1.63. The molecule has 1 aromatic carbocycles. The summed E-state index contributed by atoms with van der Waals surface area (Å²) in [7, 11) is 0. The molecular formula is C24H24N4O4S. The number of anilines is 2. The average molecular weight is 465 g/mol. The zero-order valence-corrected chi connectivity index (χ0v) is 18.8. The smallest absolute Gasteiger partial charge is 0.265 e. The highest BCUT2D eigenvalue weighted by atomic mass is 32.1.